The van der Waals surface area contributed by atoms with E-state index in [0.29, 0.717) is 13.1 Å². The van der Waals surface area contributed by atoms with Crippen molar-refractivity contribution < 1.29 is 13.2 Å². The average Bonchev–Trinajstić information content (AvgIpc) is 2.51. The molecule has 2 N–H and O–H groups in total. The molecule has 1 aliphatic rings. The van der Waals surface area contributed by atoms with Gasteiger partial charge in [0.15, 0.2) is 0 Å². The van der Waals surface area contributed by atoms with Gasteiger partial charge in [0, 0.05) is 20.2 Å². The van der Waals surface area contributed by atoms with Gasteiger partial charge >= 0.3 is 0 Å². The predicted molar refractivity (Wildman–Crippen MR) is 50.1 cm³/mol. The lowest BCUT2D eigenvalue weighted by Crippen LogP contribution is -2.44. The molecule has 2 atom stereocenters. The van der Waals surface area contributed by atoms with Crippen molar-refractivity contribution in [2.24, 2.45) is 0 Å². The summed E-state index contributed by atoms with van der Waals surface area (Å²) in [5.74, 6) is 0.111. The predicted octanol–water partition coefficient (Wildman–Crippen LogP) is -1.09. The first-order valence-corrected chi connectivity index (χ1v) is 5.98. The minimum atomic E-state index is -3.12. The Hall–Kier alpha value is -0.170. The van der Waals surface area contributed by atoms with Crippen LogP contribution in [-0.2, 0) is 14.8 Å². The van der Waals surface area contributed by atoms with Crippen LogP contribution in [0, 0.1) is 0 Å². The second-order valence-electron chi connectivity index (χ2n) is 3.06. The molecule has 0 aromatic heterocycles. The van der Waals surface area contributed by atoms with Crippen molar-refractivity contribution in [1.29, 1.82) is 0 Å². The lowest BCUT2D eigenvalue weighted by atomic mass is 10.2. The zero-order chi connectivity index (χ0) is 9.90. The molecule has 5 nitrogen and oxygen atoms in total. The van der Waals surface area contributed by atoms with Gasteiger partial charge in [0.25, 0.3) is 0 Å². The Bertz CT molecular complexity index is 252. The molecule has 0 bridgehead atoms. The van der Waals surface area contributed by atoms with Crippen LogP contribution in [0.4, 0.5) is 0 Å². The Labute approximate surface area is 78.9 Å². The second-order valence-corrected chi connectivity index (χ2v) is 5.10. The third-order valence-corrected chi connectivity index (χ3v) is 3.59. The van der Waals surface area contributed by atoms with Gasteiger partial charge in [0.2, 0.25) is 10.0 Å². The van der Waals surface area contributed by atoms with Crippen LogP contribution in [0.1, 0.15) is 6.92 Å². The lowest BCUT2D eigenvalue weighted by Gasteiger charge is -2.17. The fourth-order valence-corrected chi connectivity index (χ4v) is 2.20. The van der Waals surface area contributed by atoms with Crippen molar-refractivity contribution in [2.45, 2.75) is 19.1 Å². The number of ether oxygens (including phenoxy) is 1. The van der Waals surface area contributed by atoms with E-state index < -0.39 is 10.0 Å². The quantitative estimate of drug-likeness (QED) is 0.616. The Balaban J connectivity index is 2.53. The van der Waals surface area contributed by atoms with Crippen molar-refractivity contribution in [2.75, 3.05) is 26.0 Å². The van der Waals surface area contributed by atoms with Crippen LogP contribution in [0.5, 0.6) is 0 Å². The maximum atomic E-state index is 11.2. The van der Waals surface area contributed by atoms with Crippen molar-refractivity contribution in [3.63, 3.8) is 0 Å². The molecular formula is C7H16N2O3S. The highest BCUT2D eigenvalue weighted by Gasteiger charge is 2.29. The normalized spacial score (nSPS) is 29.4. The molecule has 0 saturated carbocycles. The number of methoxy groups -OCH3 is 1. The molecular weight excluding hydrogens is 192 g/mol. The molecule has 78 valence electrons. The summed E-state index contributed by atoms with van der Waals surface area (Å²) in [7, 11) is -1.53. The Morgan fingerprint density at radius 1 is 1.54 bits per heavy atom. The van der Waals surface area contributed by atoms with Gasteiger partial charge in [-0.25, -0.2) is 13.1 Å². The maximum Gasteiger partial charge on any atom is 0.211 e. The van der Waals surface area contributed by atoms with Crippen LogP contribution in [-0.4, -0.2) is 46.5 Å². The lowest BCUT2D eigenvalue weighted by molar-refractivity contribution is 0.103. The summed E-state index contributed by atoms with van der Waals surface area (Å²) in [6.45, 7) is 2.96. The van der Waals surface area contributed by atoms with Crippen molar-refractivity contribution >= 4 is 10.0 Å². The molecule has 0 radical (unpaired) electrons. The van der Waals surface area contributed by atoms with Gasteiger partial charge in [-0.05, 0) is 6.92 Å². The maximum absolute atomic E-state index is 11.2. The van der Waals surface area contributed by atoms with Crippen LogP contribution in [0.3, 0.4) is 0 Å². The van der Waals surface area contributed by atoms with Crippen LogP contribution in [0.2, 0.25) is 0 Å². The molecule has 0 aromatic carbocycles. The molecule has 2 unspecified atom stereocenters. The Kier molecular flexibility index (Phi) is 3.66. The fourth-order valence-electron chi connectivity index (χ4n) is 1.33. The van der Waals surface area contributed by atoms with Gasteiger partial charge in [-0.2, -0.15) is 0 Å². The summed E-state index contributed by atoms with van der Waals surface area (Å²) in [5.41, 5.74) is 0. The number of rotatable bonds is 4. The van der Waals surface area contributed by atoms with Crippen LogP contribution in [0.15, 0.2) is 0 Å². The van der Waals surface area contributed by atoms with E-state index in [4.69, 9.17) is 4.74 Å². The first kappa shape index (κ1) is 10.9. The second kappa shape index (κ2) is 4.36. The summed E-state index contributed by atoms with van der Waals surface area (Å²) in [4.78, 5) is 0. The first-order chi connectivity index (χ1) is 6.09. The minimum absolute atomic E-state index is 0.0543. The average molecular weight is 208 g/mol. The molecule has 6 heteroatoms. The molecule has 0 aliphatic carbocycles. The molecule has 0 spiro atoms. The molecule has 1 heterocycles. The van der Waals surface area contributed by atoms with E-state index >= 15 is 0 Å². The molecule has 0 amide bonds. The van der Waals surface area contributed by atoms with Crippen LogP contribution < -0.4 is 10.0 Å². The molecule has 1 fully saturated rings. The standard InChI is InChI=1S/C7H16N2O3S/c1-3-13(10,11)9-6-4-8-5-7(6)12-2/h6-9H,3-5H2,1-2H3. The zero-order valence-corrected chi connectivity index (χ0v) is 8.73. The van der Waals surface area contributed by atoms with Gasteiger partial charge in [-0.3, -0.25) is 0 Å². The summed E-state index contributed by atoms with van der Waals surface area (Å²) in [6.07, 6.45) is -0.0543. The van der Waals surface area contributed by atoms with E-state index in [-0.39, 0.29) is 17.9 Å². The first-order valence-electron chi connectivity index (χ1n) is 4.32. The zero-order valence-electron chi connectivity index (χ0n) is 7.91. The van der Waals surface area contributed by atoms with E-state index in [1.165, 1.54) is 0 Å². The van der Waals surface area contributed by atoms with Crippen molar-refractivity contribution in [3.05, 3.63) is 0 Å². The fraction of sp³-hybridized carbons (Fsp3) is 1.00. The van der Waals surface area contributed by atoms with Crippen molar-refractivity contribution in [3.8, 4) is 0 Å². The highest BCUT2D eigenvalue weighted by atomic mass is 32.2. The molecule has 1 rings (SSSR count). The Morgan fingerprint density at radius 2 is 2.23 bits per heavy atom. The minimum Gasteiger partial charge on any atom is -0.378 e. The SMILES string of the molecule is CCS(=O)(=O)NC1CNCC1OC. The molecule has 1 aliphatic heterocycles. The summed E-state index contributed by atoms with van der Waals surface area (Å²) in [6, 6.07) is -0.130. The van der Waals surface area contributed by atoms with Gasteiger partial charge in [0.05, 0.1) is 17.9 Å². The smallest absolute Gasteiger partial charge is 0.211 e. The third-order valence-electron chi connectivity index (χ3n) is 2.17. The highest BCUT2D eigenvalue weighted by molar-refractivity contribution is 7.89. The van der Waals surface area contributed by atoms with Gasteiger partial charge in [0.1, 0.15) is 0 Å². The summed E-state index contributed by atoms with van der Waals surface area (Å²) >= 11 is 0. The number of hydrogen-bond acceptors (Lipinski definition) is 4. The van der Waals surface area contributed by atoms with E-state index in [1.54, 1.807) is 14.0 Å². The van der Waals surface area contributed by atoms with Gasteiger partial charge in [-0.15, -0.1) is 0 Å². The number of nitrogens with one attached hydrogen (secondary N) is 2. The monoisotopic (exact) mass is 208 g/mol. The highest BCUT2D eigenvalue weighted by Crippen LogP contribution is 2.04. The molecule has 0 aromatic rings. The van der Waals surface area contributed by atoms with Gasteiger partial charge in [-0.1, -0.05) is 0 Å². The summed E-state index contributed by atoms with van der Waals surface area (Å²) < 4.78 is 30.2. The van der Waals surface area contributed by atoms with E-state index in [0.717, 1.165) is 0 Å². The molecule has 13 heavy (non-hydrogen) atoms. The third kappa shape index (κ3) is 2.91. The van der Waals surface area contributed by atoms with Crippen LogP contribution in [0.25, 0.3) is 0 Å². The van der Waals surface area contributed by atoms with Crippen molar-refractivity contribution in [1.82, 2.24) is 10.0 Å². The largest absolute Gasteiger partial charge is 0.378 e. The number of hydrogen-bond donors (Lipinski definition) is 2. The topological polar surface area (TPSA) is 67.4 Å². The van der Waals surface area contributed by atoms with Crippen LogP contribution >= 0.6 is 0 Å². The molecule has 1 saturated heterocycles. The van der Waals surface area contributed by atoms with E-state index in [9.17, 15) is 8.42 Å². The van der Waals surface area contributed by atoms with Gasteiger partial charge < -0.3 is 10.1 Å². The van der Waals surface area contributed by atoms with E-state index in [1.807, 2.05) is 0 Å². The van der Waals surface area contributed by atoms with E-state index in [2.05, 4.69) is 10.0 Å². The number of sulfonamides is 1. The summed E-state index contributed by atoms with van der Waals surface area (Å²) in [5, 5.41) is 3.07. The Morgan fingerprint density at radius 3 is 2.77 bits per heavy atom.